The van der Waals surface area contributed by atoms with Crippen LogP contribution >= 0.6 is 11.6 Å². The maximum Gasteiger partial charge on any atom is 0.332 e. The van der Waals surface area contributed by atoms with E-state index in [0.29, 0.717) is 12.1 Å². The van der Waals surface area contributed by atoms with Gasteiger partial charge in [0.1, 0.15) is 0 Å². The van der Waals surface area contributed by atoms with Crippen LogP contribution in [0.3, 0.4) is 0 Å². The van der Waals surface area contributed by atoms with E-state index in [-0.39, 0.29) is 17.5 Å². The number of para-hydroxylation sites is 1. The molecule has 0 bridgehead atoms. The Balaban J connectivity index is 1.95. The molecule has 0 saturated heterocycles. The number of hydrogen-bond acceptors (Lipinski definition) is 4. The SMILES string of the molecule is CC(C)=CCn1c(Cl)nc2c1c(=O)n(Cc1ccnc3ccccc13)c(=O)n2C. The molecule has 4 rings (SSSR count). The van der Waals surface area contributed by atoms with Gasteiger partial charge in [-0.15, -0.1) is 0 Å². The number of aromatic nitrogens is 5. The van der Waals surface area contributed by atoms with Crippen LogP contribution < -0.4 is 11.2 Å². The lowest BCUT2D eigenvalue weighted by atomic mass is 10.1. The quantitative estimate of drug-likeness (QED) is 0.383. The van der Waals surface area contributed by atoms with Crippen molar-refractivity contribution in [3.05, 3.63) is 79.9 Å². The third kappa shape index (κ3) is 3.27. The van der Waals surface area contributed by atoms with Crippen LogP contribution in [0.4, 0.5) is 0 Å². The first kappa shape index (κ1) is 19.1. The third-order valence-corrected chi connectivity index (χ3v) is 5.22. The molecule has 0 N–H and O–H groups in total. The minimum Gasteiger partial charge on any atom is -0.305 e. The predicted molar refractivity (Wildman–Crippen MR) is 115 cm³/mol. The van der Waals surface area contributed by atoms with Crippen LogP contribution in [-0.2, 0) is 20.1 Å². The number of allylic oxidation sites excluding steroid dienone is 2. The van der Waals surface area contributed by atoms with Crippen LogP contribution in [0.2, 0.25) is 5.28 Å². The van der Waals surface area contributed by atoms with Crippen LogP contribution in [0.5, 0.6) is 0 Å². The summed E-state index contributed by atoms with van der Waals surface area (Å²) in [6.45, 7) is 4.48. The Morgan fingerprint density at radius 3 is 2.66 bits per heavy atom. The molecule has 1 aromatic carbocycles. The van der Waals surface area contributed by atoms with Crippen molar-refractivity contribution < 1.29 is 0 Å². The molecule has 0 aliphatic carbocycles. The van der Waals surface area contributed by atoms with Crippen molar-refractivity contribution in [2.24, 2.45) is 7.05 Å². The van der Waals surface area contributed by atoms with Crippen LogP contribution in [0.25, 0.3) is 22.1 Å². The predicted octanol–water partition coefficient (Wildman–Crippen LogP) is 3.11. The molecule has 0 atom stereocenters. The van der Waals surface area contributed by atoms with E-state index < -0.39 is 11.2 Å². The summed E-state index contributed by atoms with van der Waals surface area (Å²) in [6.07, 6.45) is 3.64. The largest absolute Gasteiger partial charge is 0.332 e. The van der Waals surface area contributed by atoms with E-state index in [1.165, 1.54) is 9.13 Å². The maximum absolute atomic E-state index is 13.3. The first-order valence-corrected chi connectivity index (χ1v) is 9.58. The number of fused-ring (bicyclic) bond motifs is 2. The first-order chi connectivity index (χ1) is 13.9. The number of halogens is 1. The van der Waals surface area contributed by atoms with Gasteiger partial charge in [-0.3, -0.25) is 18.9 Å². The van der Waals surface area contributed by atoms with Gasteiger partial charge in [-0.2, -0.15) is 4.98 Å². The molecule has 0 unspecified atom stereocenters. The molecule has 0 aliphatic rings. The molecule has 0 spiro atoms. The Kier molecular flexibility index (Phi) is 4.84. The second kappa shape index (κ2) is 7.33. The first-order valence-electron chi connectivity index (χ1n) is 9.20. The molecule has 8 heteroatoms. The molecule has 0 amide bonds. The molecule has 3 heterocycles. The molecule has 0 aliphatic heterocycles. The molecular formula is C21H20ClN5O2. The van der Waals surface area contributed by atoms with Gasteiger partial charge in [0.25, 0.3) is 5.56 Å². The summed E-state index contributed by atoms with van der Waals surface area (Å²) >= 11 is 6.29. The summed E-state index contributed by atoms with van der Waals surface area (Å²) in [4.78, 5) is 34.8. The summed E-state index contributed by atoms with van der Waals surface area (Å²) in [7, 11) is 1.60. The third-order valence-electron chi connectivity index (χ3n) is 4.94. The summed E-state index contributed by atoms with van der Waals surface area (Å²) in [5.74, 6) is 0. The van der Waals surface area contributed by atoms with Crippen molar-refractivity contribution in [2.75, 3.05) is 0 Å². The van der Waals surface area contributed by atoms with Crippen molar-refractivity contribution in [3.63, 3.8) is 0 Å². The summed E-state index contributed by atoms with van der Waals surface area (Å²) in [5, 5.41) is 1.08. The van der Waals surface area contributed by atoms with Crippen LogP contribution in [0.15, 0.2) is 57.8 Å². The van der Waals surface area contributed by atoms with Gasteiger partial charge in [0, 0.05) is 25.2 Å². The Morgan fingerprint density at radius 1 is 1.14 bits per heavy atom. The molecule has 4 aromatic rings. The van der Waals surface area contributed by atoms with E-state index >= 15 is 0 Å². The lowest BCUT2D eigenvalue weighted by Crippen LogP contribution is -2.40. The van der Waals surface area contributed by atoms with Crippen LogP contribution in [0.1, 0.15) is 19.4 Å². The highest BCUT2D eigenvalue weighted by Crippen LogP contribution is 2.18. The van der Waals surface area contributed by atoms with E-state index in [2.05, 4.69) is 9.97 Å². The molecule has 0 saturated carbocycles. The number of benzene rings is 1. The lowest BCUT2D eigenvalue weighted by Gasteiger charge is -2.11. The van der Waals surface area contributed by atoms with Crippen molar-refractivity contribution in [3.8, 4) is 0 Å². The van der Waals surface area contributed by atoms with Gasteiger partial charge < -0.3 is 4.57 Å². The highest BCUT2D eigenvalue weighted by molar-refractivity contribution is 6.29. The summed E-state index contributed by atoms with van der Waals surface area (Å²) in [5.41, 5.74) is 2.49. The van der Waals surface area contributed by atoms with Crippen LogP contribution in [-0.4, -0.2) is 23.7 Å². The van der Waals surface area contributed by atoms with Gasteiger partial charge in [-0.1, -0.05) is 29.8 Å². The Morgan fingerprint density at radius 2 is 1.90 bits per heavy atom. The zero-order valence-electron chi connectivity index (χ0n) is 16.4. The standard InChI is InChI=1S/C21H20ClN5O2/c1-13(2)9-11-26-17-18(24-20(26)22)25(3)21(29)27(19(17)28)12-14-8-10-23-16-7-5-4-6-15(14)16/h4-10H,11-12H2,1-3H3. The number of rotatable bonds is 4. The van der Waals surface area contributed by atoms with Crippen molar-refractivity contribution in [1.29, 1.82) is 0 Å². The highest BCUT2D eigenvalue weighted by Gasteiger charge is 2.19. The maximum atomic E-state index is 13.3. The average Bonchev–Trinajstić information content (AvgIpc) is 3.04. The lowest BCUT2D eigenvalue weighted by molar-refractivity contribution is 0.655. The van der Waals surface area contributed by atoms with Gasteiger partial charge in [0.05, 0.1) is 12.1 Å². The molecule has 0 fully saturated rings. The van der Waals surface area contributed by atoms with Crippen molar-refractivity contribution in [2.45, 2.75) is 26.9 Å². The van der Waals surface area contributed by atoms with Gasteiger partial charge in [0.15, 0.2) is 11.2 Å². The van der Waals surface area contributed by atoms with Crippen molar-refractivity contribution >= 4 is 33.7 Å². The highest BCUT2D eigenvalue weighted by atomic mass is 35.5. The number of hydrogen-bond donors (Lipinski definition) is 0. The fourth-order valence-electron chi connectivity index (χ4n) is 3.39. The molecule has 29 heavy (non-hydrogen) atoms. The Hall–Kier alpha value is -3.19. The molecule has 7 nitrogen and oxygen atoms in total. The van der Waals surface area contributed by atoms with E-state index in [1.807, 2.05) is 50.3 Å². The van der Waals surface area contributed by atoms with Gasteiger partial charge >= 0.3 is 5.69 Å². The van der Waals surface area contributed by atoms with Crippen molar-refractivity contribution in [1.82, 2.24) is 23.7 Å². The fourth-order valence-corrected chi connectivity index (χ4v) is 3.62. The second-order valence-electron chi connectivity index (χ2n) is 7.17. The second-order valence-corrected chi connectivity index (χ2v) is 7.50. The summed E-state index contributed by atoms with van der Waals surface area (Å²) in [6, 6.07) is 9.47. The van der Waals surface area contributed by atoms with E-state index in [9.17, 15) is 9.59 Å². The zero-order valence-corrected chi connectivity index (χ0v) is 17.1. The van der Waals surface area contributed by atoms with Gasteiger partial charge in [0.2, 0.25) is 5.28 Å². The molecule has 148 valence electrons. The van der Waals surface area contributed by atoms with Gasteiger partial charge in [-0.05, 0) is 43.1 Å². The monoisotopic (exact) mass is 409 g/mol. The normalized spacial score (nSPS) is 11.3. The topological polar surface area (TPSA) is 74.7 Å². The molecular weight excluding hydrogens is 390 g/mol. The minimum absolute atomic E-state index is 0.135. The van der Waals surface area contributed by atoms with E-state index in [1.54, 1.807) is 17.8 Å². The number of pyridine rings is 1. The summed E-state index contributed by atoms with van der Waals surface area (Å²) < 4.78 is 4.22. The van der Waals surface area contributed by atoms with E-state index in [0.717, 1.165) is 22.0 Å². The molecule has 3 aromatic heterocycles. The Bertz CT molecular complexity index is 1380. The smallest absolute Gasteiger partial charge is 0.305 e. The number of imidazole rings is 1. The average molecular weight is 410 g/mol. The fraction of sp³-hybridized carbons (Fsp3) is 0.238. The van der Waals surface area contributed by atoms with Crippen LogP contribution in [0, 0.1) is 0 Å². The Labute approximate surface area is 171 Å². The number of aryl methyl sites for hydroxylation is 1. The van der Waals surface area contributed by atoms with E-state index in [4.69, 9.17) is 11.6 Å². The number of nitrogens with zero attached hydrogens (tertiary/aromatic N) is 5. The van der Waals surface area contributed by atoms with Gasteiger partial charge in [-0.25, -0.2) is 4.79 Å². The zero-order chi connectivity index (χ0) is 20.7. The minimum atomic E-state index is -0.438. The molecule has 0 radical (unpaired) electrons.